The van der Waals surface area contributed by atoms with Crippen LogP contribution in [0.15, 0.2) is 108 Å². The first-order valence-corrected chi connectivity index (χ1v) is 11.0. The van der Waals surface area contributed by atoms with Gasteiger partial charge in [-0.05, 0) is 52.9 Å². The van der Waals surface area contributed by atoms with Crippen molar-refractivity contribution in [3.8, 4) is 0 Å². The summed E-state index contributed by atoms with van der Waals surface area (Å²) in [4.78, 5) is 25.9. The first-order chi connectivity index (χ1) is 16.5. The van der Waals surface area contributed by atoms with Crippen molar-refractivity contribution in [2.45, 2.75) is 6.54 Å². The number of hydrogen-bond acceptors (Lipinski definition) is 3. The molecule has 0 aliphatic rings. The van der Waals surface area contributed by atoms with Gasteiger partial charge in [-0.3, -0.25) is 9.59 Å². The number of hydrogen-bond donors (Lipinski definition) is 2. The average Bonchev–Trinajstić information content (AvgIpc) is 2.88. The molecule has 1 aromatic heterocycles. The Balaban J connectivity index is 1.43. The molecule has 4 aromatic carbocycles. The van der Waals surface area contributed by atoms with E-state index in [1.807, 2.05) is 72.8 Å². The molecule has 0 unspecified atom stereocenters. The van der Waals surface area contributed by atoms with Crippen molar-refractivity contribution >= 4 is 44.5 Å². The zero-order chi connectivity index (χ0) is 23.7. The number of para-hydroxylation sites is 3. The van der Waals surface area contributed by atoms with Crippen LogP contribution in [0.1, 0.15) is 15.9 Å². The van der Waals surface area contributed by atoms with Gasteiger partial charge in [-0.2, -0.15) is 0 Å². The van der Waals surface area contributed by atoms with Crippen LogP contribution in [0.5, 0.6) is 0 Å². The molecule has 0 saturated carbocycles. The number of amides is 1. The van der Waals surface area contributed by atoms with Crippen molar-refractivity contribution in [3.05, 3.63) is 125 Å². The third kappa shape index (κ3) is 3.84. The lowest BCUT2D eigenvalue weighted by molar-refractivity contribution is 0.102. The molecule has 1 heterocycles. The van der Waals surface area contributed by atoms with Crippen molar-refractivity contribution < 1.29 is 4.79 Å². The van der Waals surface area contributed by atoms with Gasteiger partial charge in [-0.1, -0.05) is 67.2 Å². The lowest BCUT2D eigenvalue weighted by atomic mass is 10.0. The molecule has 166 valence electrons. The van der Waals surface area contributed by atoms with Crippen LogP contribution in [-0.4, -0.2) is 10.5 Å². The number of nitrogen functional groups attached to an aromatic ring is 1. The number of benzene rings is 4. The second-order valence-corrected chi connectivity index (χ2v) is 8.18. The van der Waals surface area contributed by atoms with Gasteiger partial charge in [0.15, 0.2) is 0 Å². The van der Waals surface area contributed by atoms with Crippen molar-refractivity contribution in [3.63, 3.8) is 0 Å². The minimum Gasteiger partial charge on any atom is -0.397 e. The summed E-state index contributed by atoms with van der Waals surface area (Å²) in [6, 6.07) is 29.9. The van der Waals surface area contributed by atoms with E-state index in [4.69, 9.17) is 5.73 Å². The number of rotatable bonds is 5. The topological polar surface area (TPSA) is 77.1 Å². The maximum Gasteiger partial charge on any atom is 0.259 e. The standard InChI is InChI=1S/C29H23N3O2/c1-19(20-14-16-21(17-15-20)28(33)31-26-12-6-5-11-25(26)30)18-32-27-13-7-4-9-23(27)22-8-2-3-10-24(22)29(32)34/h2-17H,1,18,30H2,(H,31,33). The summed E-state index contributed by atoms with van der Waals surface area (Å²) >= 11 is 0. The fourth-order valence-electron chi connectivity index (χ4n) is 4.20. The van der Waals surface area contributed by atoms with Crippen molar-refractivity contribution in [1.29, 1.82) is 0 Å². The molecular weight excluding hydrogens is 422 g/mol. The monoisotopic (exact) mass is 445 g/mol. The lowest BCUT2D eigenvalue weighted by Crippen LogP contribution is -2.21. The summed E-state index contributed by atoms with van der Waals surface area (Å²) in [7, 11) is 0. The maximum atomic E-state index is 13.3. The molecule has 5 heteroatoms. The minimum atomic E-state index is -0.244. The Kier molecular flexibility index (Phi) is 5.44. The van der Waals surface area contributed by atoms with E-state index in [2.05, 4.69) is 11.9 Å². The number of nitrogens with zero attached hydrogens (tertiary/aromatic N) is 1. The Bertz CT molecular complexity index is 1620. The third-order valence-corrected chi connectivity index (χ3v) is 6.00. The molecule has 0 saturated heterocycles. The van der Waals surface area contributed by atoms with E-state index in [1.54, 1.807) is 28.8 Å². The van der Waals surface area contributed by atoms with Crippen molar-refractivity contribution in [2.24, 2.45) is 0 Å². The summed E-state index contributed by atoms with van der Waals surface area (Å²) < 4.78 is 1.76. The highest BCUT2D eigenvalue weighted by Crippen LogP contribution is 2.25. The van der Waals surface area contributed by atoms with Gasteiger partial charge in [0.05, 0.1) is 23.4 Å². The first-order valence-electron chi connectivity index (χ1n) is 11.0. The Hall–Kier alpha value is -4.64. The predicted octanol–water partition coefficient (Wildman–Crippen LogP) is 5.70. The predicted molar refractivity (Wildman–Crippen MR) is 140 cm³/mol. The Morgan fingerprint density at radius 1 is 0.765 bits per heavy atom. The highest BCUT2D eigenvalue weighted by Gasteiger charge is 2.13. The number of fused-ring (bicyclic) bond motifs is 3. The molecule has 5 rings (SSSR count). The van der Waals surface area contributed by atoms with Crippen LogP contribution in [-0.2, 0) is 6.54 Å². The highest BCUT2D eigenvalue weighted by molar-refractivity contribution is 6.06. The molecule has 0 bridgehead atoms. The Labute approximate surface area is 196 Å². The van der Waals surface area contributed by atoms with Crippen LogP contribution >= 0.6 is 0 Å². The van der Waals surface area contributed by atoms with Gasteiger partial charge in [0, 0.05) is 16.3 Å². The number of nitrogens with one attached hydrogen (secondary N) is 1. The van der Waals surface area contributed by atoms with Gasteiger partial charge < -0.3 is 15.6 Å². The van der Waals surface area contributed by atoms with E-state index >= 15 is 0 Å². The number of pyridine rings is 1. The number of carbonyl (C=O) groups is 1. The molecule has 5 aromatic rings. The second-order valence-electron chi connectivity index (χ2n) is 8.18. The molecule has 0 aliphatic heterocycles. The summed E-state index contributed by atoms with van der Waals surface area (Å²) in [6.45, 7) is 4.57. The van der Waals surface area contributed by atoms with Crippen LogP contribution in [0.4, 0.5) is 11.4 Å². The smallest absolute Gasteiger partial charge is 0.259 e. The maximum absolute atomic E-state index is 13.3. The first kappa shape index (κ1) is 21.2. The quantitative estimate of drug-likeness (QED) is 0.269. The molecule has 0 spiro atoms. The number of aromatic nitrogens is 1. The molecule has 5 nitrogen and oxygen atoms in total. The van der Waals surface area contributed by atoms with Crippen LogP contribution in [0, 0.1) is 0 Å². The van der Waals surface area contributed by atoms with Gasteiger partial charge in [-0.15, -0.1) is 0 Å². The number of nitrogens with two attached hydrogens (primary N) is 1. The number of anilines is 2. The van der Waals surface area contributed by atoms with E-state index in [0.29, 0.717) is 28.9 Å². The van der Waals surface area contributed by atoms with Crippen LogP contribution in [0.3, 0.4) is 0 Å². The summed E-state index contributed by atoms with van der Waals surface area (Å²) in [5, 5.41) is 5.48. The van der Waals surface area contributed by atoms with E-state index in [-0.39, 0.29) is 11.5 Å². The lowest BCUT2D eigenvalue weighted by Gasteiger charge is -2.15. The molecular formula is C29H23N3O2. The number of allylic oxidation sites excluding steroid dienone is 1. The Morgan fingerprint density at radius 3 is 2.09 bits per heavy atom. The van der Waals surface area contributed by atoms with Crippen molar-refractivity contribution in [2.75, 3.05) is 11.1 Å². The molecule has 0 radical (unpaired) electrons. The molecule has 1 amide bonds. The van der Waals surface area contributed by atoms with Crippen LogP contribution in [0.2, 0.25) is 0 Å². The minimum absolute atomic E-state index is 0.0492. The fourth-order valence-corrected chi connectivity index (χ4v) is 4.20. The molecule has 34 heavy (non-hydrogen) atoms. The molecule has 0 aliphatic carbocycles. The fraction of sp³-hybridized carbons (Fsp3) is 0.0345. The van der Waals surface area contributed by atoms with Gasteiger partial charge >= 0.3 is 0 Å². The average molecular weight is 446 g/mol. The Morgan fingerprint density at radius 2 is 1.35 bits per heavy atom. The zero-order valence-electron chi connectivity index (χ0n) is 18.5. The molecule has 0 fully saturated rings. The van der Waals surface area contributed by atoms with Crippen LogP contribution in [0.25, 0.3) is 27.2 Å². The van der Waals surface area contributed by atoms with Gasteiger partial charge in [0.2, 0.25) is 0 Å². The van der Waals surface area contributed by atoms with E-state index in [9.17, 15) is 9.59 Å². The highest BCUT2D eigenvalue weighted by atomic mass is 16.1. The summed E-state index contributed by atoms with van der Waals surface area (Å²) in [5.41, 5.74) is 9.96. The largest absolute Gasteiger partial charge is 0.397 e. The summed E-state index contributed by atoms with van der Waals surface area (Å²) in [5.74, 6) is -0.244. The van der Waals surface area contributed by atoms with Crippen molar-refractivity contribution in [1.82, 2.24) is 4.57 Å². The van der Waals surface area contributed by atoms with E-state index in [0.717, 1.165) is 27.4 Å². The van der Waals surface area contributed by atoms with Gasteiger partial charge in [0.1, 0.15) is 0 Å². The normalized spacial score (nSPS) is 10.9. The summed E-state index contributed by atoms with van der Waals surface area (Å²) in [6.07, 6.45) is 0. The van der Waals surface area contributed by atoms with Gasteiger partial charge in [0.25, 0.3) is 11.5 Å². The van der Waals surface area contributed by atoms with E-state index < -0.39 is 0 Å². The van der Waals surface area contributed by atoms with Crippen LogP contribution < -0.4 is 16.6 Å². The molecule has 0 atom stereocenters. The zero-order valence-corrected chi connectivity index (χ0v) is 18.5. The van der Waals surface area contributed by atoms with E-state index in [1.165, 1.54) is 0 Å². The SMILES string of the molecule is C=C(Cn1c(=O)c2ccccc2c2ccccc21)c1ccc(C(=O)Nc2ccccc2N)cc1. The number of carbonyl (C=O) groups excluding carboxylic acids is 1. The molecule has 3 N–H and O–H groups in total. The second kappa shape index (κ2) is 8.71. The van der Waals surface area contributed by atoms with Gasteiger partial charge in [-0.25, -0.2) is 0 Å². The third-order valence-electron chi connectivity index (χ3n) is 6.00.